The van der Waals surface area contributed by atoms with Gasteiger partial charge >= 0.3 is 0 Å². The Bertz CT molecular complexity index is 723. The molecule has 0 atom stereocenters. The molecule has 2 aromatic carbocycles. The van der Waals surface area contributed by atoms with Crippen LogP contribution in [0.25, 0.3) is 22.1 Å². The quantitative estimate of drug-likeness (QED) is 0.623. The van der Waals surface area contributed by atoms with E-state index in [1.807, 2.05) is 24.3 Å². The molecule has 0 aliphatic rings. The molecule has 3 aromatic rings. The zero-order chi connectivity index (χ0) is 12.5. The fraction of sp³-hybridized carbons (Fsp3) is 0.0625. The lowest BCUT2D eigenvalue weighted by atomic mass is 9.99. The van der Waals surface area contributed by atoms with Crippen molar-refractivity contribution in [3.63, 3.8) is 0 Å². The summed E-state index contributed by atoms with van der Waals surface area (Å²) in [5, 5.41) is 2.35. The number of rotatable bonds is 2. The van der Waals surface area contributed by atoms with E-state index in [-0.39, 0.29) is 0 Å². The third-order valence-electron chi connectivity index (χ3n) is 3.15. The van der Waals surface area contributed by atoms with Crippen molar-refractivity contribution in [3.05, 3.63) is 59.9 Å². The van der Waals surface area contributed by atoms with Crippen molar-refractivity contribution in [1.82, 2.24) is 0 Å². The molecule has 1 aromatic heterocycles. The largest absolute Gasteiger partial charge is 0.453 e. The van der Waals surface area contributed by atoms with E-state index in [0.29, 0.717) is 5.76 Å². The van der Waals surface area contributed by atoms with Gasteiger partial charge in [0.15, 0.2) is 12.0 Å². The Morgan fingerprint density at radius 2 is 1.72 bits per heavy atom. The molecule has 1 heterocycles. The first-order valence-corrected chi connectivity index (χ1v) is 5.83. The second kappa shape index (κ2) is 4.15. The van der Waals surface area contributed by atoms with Crippen LogP contribution >= 0.6 is 0 Å². The molecular weight excluding hydrogens is 224 g/mol. The predicted octanol–water partition coefficient (Wildman–Crippen LogP) is 4.22. The number of hydrogen-bond acceptors (Lipinski definition) is 2. The SMILES string of the molecule is Cc1ccc(-c2ccc(C=O)o2)c2ccccc12. The Morgan fingerprint density at radius 3 is 2.44 bits per heavy atom. The lowest BCUT2D eigenvalue weighted by Crippen LogP contribution is -1.82. The van der Waals surface area contributed by atoms with E-state index in [0.717, 1.165) is 23.0 Å². The molecule has 0 saturated carbocycles. The van der Waals surface area contributed by atoms with Gasteiger partial charge in [0, 0.05) is 5.56 Å². The zero-order valence-electron chi connectivity index (χ0n) is 10.0. The maximum atomic E-state index is 10.7. The maximum Gasteiger partial charge on any atom is 0.185 e. The van der Waals surface area contributed by atoms with Crippen LogP contribution in [0.4, 0.5) is 0 Å². The smallest absolute Gasteiger partial charge is 0.185 e. The number of carbonyl (C=O) groups excluding carboxylic acids is 1. The highest BCUT2D eigenvalue weighted by Crippen LogP contribution is 2.31. The minimum atomic E-state index is 0.356. The van der Waals surface area contributed by atoms with E-state index < -0.39 is 0 Å². The third kappa shape index (κ3) is 1.63. The summed E-state index contributed by atoms with van der Waals surface area (Å²) in [6.07, 6.45) is 0.722. The van der Waals surface area contributed by atoms with Crippen LogP contribution in [0.5, 0.6) is 0 Å². The number of fused-ring (bicyclic) bond motifs is 1. The fourth-order valence-electron chi connectivity index (χ4n) is 2.23. The monoisotopic (exact) mass is 236 g/mol. The molecular formula is C16H12O2. The maximum absolute atomic E-state index is 10.7. The van der Waals surface area contributed by atoms with Crippen LogP contribution < -0.4 is 0 Å². The van der Waals surface area contributed by atoms with E-state index in [1.54, 1.807) is 6.07 Å². The van der Waals surface area contributed by atoms with Crippen molar-refractivity contribution in [2.24, 2.45) is 0 Å². The van der Waals surface area contributed by atoms with E-state index in [1.165, 1.54) is 10.9 Å². The lowest BCUT2D eigenvalue weighted by molar-refractivity contribution is 0.110. The summed E-state index contributed by atoms with van der Waals surface area (Å²) < 4.78 is 5.50. The van der Waals surface area contributed by atoms with Gasteiger partial charge in [-0.3, -0.25) is 4.79 Å². The second-order valence-electron chi connectivity index (χ2n) is 4.30. The first kappa shape index (κ1) is 10.8. The molecule has 2 nitrogen and oxygen atoms in total. The molecule has 0 amide bonds. The summed E-state index contributed by atoms with van der Waals surface area (Å²) in [5.41, 5.74) is 2.25. The van der Waals surface area contributed by atoms with Crippen LogP contribution in [0.3, 0.4) is 0 Å². The zero-order valence-corrected chi connectivity index (χ0v) is 10.0. The highest BCUT2D eigenvalue weighted by atomic mass is 16.3. The molecule has 2 heteroatoms. The van der Waals surface area contributed by atoms with Crippen molar-refractivity contribution >= 4 is 17.1 Å². The topological polar surface area (TPSA) is 30.2 Å². The first-order valence-electron chi connectivity index (χ1n) is 5.83. The Hall–Kier alpha value is -2.35. The van der Waals surface area contributed by atoms with E-state index in [9.17, 15) is 4.79 Å². The average molecular weight is 236 g/mol. The van der Waals surface area contributed by atoms with Crippen LogP contribution in [0, 0.1) is 6.92 Å². The molecule has 88 valence electrons. The average Bonchev–Trinajstić information content (AvgIpc) is 2.88. The van der Waals surface area contributed by atoms with Gasteiger partial charge in [-0.2, -0.15) is 0 Å². The van der Waals surface area contributed by atoms with Gasteiger partial charge in [-0.25, -0.2) is 0 Å². The number of carbonyl (C=O) groups is 1. The number of aryl methyl sites for hydroxylation is 1. The van der Waals surface area contributed by atoms with Crippen LogP contribution in [0.15, 0.2) is 52.9 Å². The summed E-state index contributed by atoms with van der Waals surface area (Å²) in [6, 6.07) is 15.8. The van der Waals surface area contributed by atoms with Gasteiger partial charge in [0.2, 0.25) is 0 Å². The standard InChI is InChI=1S/C16H12O2/c1-11-6-8-15(14-5-3-2-4-13(11)14)16-9-7-12(10-17)18-16/h2-10H,1H3. The fourth-order valence-corrected chi connectivity index (χ4v) is 2.23. The molecule has 0 aliphatic heterocycles. The normalized spacial score (nSPS) is 10.7. The predicted molar refractivity (Wildman–Crippen MR) is 71.8 cm³/mol. The molecule has 3 rings (SSSR count). The lowest BCUT2D eigenvalue weighted by Gasteiger charge is -2.06. The van der Waals surface area contributed by atoms with Crippen LogP contribution in [-0.2, 0) is 0 Å². The van der Waals surface area contributed by atoms with Crippen molar-refractivity contribution < 1.29 is 9.21 Å². The Balaban J connectivity index is 2.29. The second-order valence-corrected chi connectivity index (χ2v) is 4.30. The van der Waals surface area contributed by atoms with Crippen LogP contribution in [0.1, 0.15) is 16.1 Å². The van der Waals surface area contributed by atoms with Gasteiger partial charge in [-0.05, 0) is 35.4 Å². The Labute approximate surface area is 105 Å². The van der Waals surface area contributed by atoms with Crippen molar-refractivity contribution in [2.75, 3.05) is 0 Å². The van der Waals surface area contributed by atoms with E-state index in [2.05, 4.69) is 25.1 Å². The van der Waals surface area contributed by atoms with Gasteiger partial charge in [-0.15, -0.1) is 0 Å². The molecule has 0 radical (unpaired) electrons. The number of aldehydes is 1. The van der Waals surface area contributed by atoms with Gasteiger partial charge in [0.1, 0.15) is 5.76 Å². The van der Waals surface area contributed by atoms with Crippen molar-refractivity contribution in [3.8, 4) is 11.3 Å². The molecule has 0 spiro atoms. The summed E-state index contributed by atoms with van der Waals surface area (Å²) in [7, 11) is 0. The summed E-state index contributed by atoms with van der Waals surface area (Å²) in [6.45, 7) is 2.09. The minimum Gasteiger partial charge on any atom is -0.453 e. The third-order valence-corrected chi connectivity index (χ3v) is 3.15. The number of hydrogen-bond donors (Lipinski definition) is 0. The highest BCUT2D eigenvalue weighted by molar-refractivity contribution is 5.97. The summed E-state index contributed by atoms with van der Waals surface area (Å²) >= 11 is 0. The van der Waals surface area contributed by atoms with Crippen molar-refractivity contribution in [1.29, 1.82) is 0 Å². The molecule has 0 unspecified atom stereocenters. The molecule has 0 bridgehead atoms. The van der Waals surface area contributed by atoms with E-state index >= 15 is 0 Å². The van der Waals surface area contributed by atoms with Gasteiger partial charge in [0.05, 0.1) is 0 Å². The summed E-state index contributed by atoms with van der Waals surface area (Å²) in [4.78, 5) is 10.7. The van der Waals surface area contributed by atoms with Gasteiger partial charge in [0.25, 0.3) is 0 Å². The number of benzene rings is 2. The summed E-state index contributed by atoms with van der Waals surface area (Å²) in [5.74, 6) is 1.09. The van der Waals surface area contributed by atoms with E-state index in [4.69, 9.17) is 4.42 Å². The van der Waals surface area contributed by atoms with Gasteiger partial charge in [-0.1, -0.05) is 36.4 Å². The molecule has 0 aliphatic carbocycles. The Kier molecular flexibility index (Phi) is 2.49. The van der Waals surface area contributed by atoms with Crippen LogP contribution in [0.2, 0.25) is 0 Å². The molecule has 0 N–H and O–H groups in total. The first-order chi connectivity index (χ1) is 8.79. The molecule has 18 heavy (non-hydrogen) atoms. The van der Waals surface area contributed by atoms with Crippen LogP contribution in [-0.4, -0.2) is 6.29 Å². The highest BCUT2D eigenvalue weighted by Gasteiger charge is 2.09. The molecule has 0 fully saturated rings. The van der Waals surface area contributed by atoms with Gasteiger partial charge < -0.3 is 4.42 Å². The number of furan rings is 1. The Morgan fingerprint density at radius 1 is 0.944 bits per heavy atom. The molecule has 0 saturated heterocycles. The van der Waals surface area contributed by atoms with Crippen molar-refractivity contribution in [2.45, 2.75) is 6.92 Å². The minimum absolute atomic E-state index is 0.356.